The van der Waals surface area contributed by atoms with Gasteiger partial charge in [-0.2, -0.15) is 0 Å². The third-order valence-electron chi connectivity index (χ3n) is 4.05. The highest BCUT2D eigenvalue weighted by Gasteiger charge is 2.14. The average Bonchev–Trinajstić information content (AvgIpc) is 2.58. The lowest BCUT2D eigenvalue weighted by atomic mass is 9.96. The molecule has 0 aromatic heterocycles. The number of benzene rings is 2. The molecule has 0 heterocycles. The lowest BCUT2D eigenvalue weighted by molar-refractivity contribution is -0.142. The number of halogens is 2. The van der Waals surface area contributed by atoms with Gasteiger partial charge < -0.3 is 15.2 Å². The van der Waals surface area contributed by atoms with Crippen molar-refractivity contribution in [2.75, 3.05) is 12.4 Å². The van der Waals surface area contributed by atoms with Gasteiger partial charge in [0.05, 0.1) is 7.11 Å². The van der Waals surface area contributed by atoms with Gasteiger partial charge in [-0.3, -0.25) is 9.59 Å². The number of phenols is 1. The molecule has 0 unspecified atom stereocenters. The summed E-state index contributed by atoms with van der Waals surface area (Å²) in [6.45, 7) is 4.01. The summed E-state index contributed by atoms with van der Waals surface area (Å²) in [5.41, 5.74) is 2.93. The van der Waals surface area contributed by atoms with Crippen LogP contribution < -0.4 is 5.32 Å². The van der Waals surface area contributed by atoms with Gasteiger partial charge in [0.25, 0.3) is 0 Å². The average molecular weight is 410 g/mol. The van der Waals surface area contributed by atoms with E-state index in [1.807, 2.05) is 26.0 Å². The van der Waals surface area contributed by atoms with Gasteiger partial charge in [-0.1, -0.05) is 49.2 Å². The van der Waals surface area contributed by atoms with E-state index in [1.54, 1.807) is 18.2 Å². The standard InChI is InChI=1S/C20H21Cl2NO4/c1-11(2)14-6-12(4-5-18(14)24)7-15-16(21)8-13(9-17(15)22)23-19(25)10-20(26)27-3/h4-6,8-9,11,24H,7,10H2,1-3H3,(H,23,25). The Morgan fingerprint density at radius 1 is 1.15 bits per heavy atom. The fourth-order valence-corrected chi connectivity index (χ4v) is 3.25. The smallest absolute Gasteiger partial charge is 0.315 e. The Bertz CT molecular complexity index is 842. The predicted molar refractivity (Wildman–Crippen MR) is 107 cm³/mol. The Labute approximate surface area is 168 Å². The Balaban J connectivity index is 2.21. The summed E-state index contributed by atoms with van der Waals surface area (Å²) in [5.74, 6) is -0.700. The number of aromatic hydroxyl groups is 1. The van der Waals surface area contributed by atoms with Gasteiger partial charge >= 0.3 is 5.97 Å². The zero-order chi connectivity index (χ0) is 20.1. The zero-order valence-electron chi connectivity index (χ0n) is 15.3. The second kappa shape index (κ2) is 9.11. The van der Waals surface area contributed by atoms with Crippen LogP contribution in [0.1, 0.15) is 42.9 Å². The quantitative estimate of drug-likeness (QED) is 0.524. The molecule has 5 nitrogen and oxygen atoms in total. The second-order valence-electron chi connectivity index (χ2n) is 6.44. The highest BCUT2D eigenvalue weighted by atomic mass is 35.5. The van der Waals surface area contributed by atoms with E-state index in [2.05, 4.69) is 10.1 Å². The molecular weight excluding hydrogens is 389 g/mol. The first-order valence-corrected chi connectivity index (χ1v) is 9.13. The number of esters is 1. The minimum atomic E-state index is -0.630. The number of rotatable bonds is 6. The highest BCUT2D eigenvalue weighted by Crippen LogP contribution is 2.33. The van der Waals surface area contributed by atoms with Crippen LogP contribution in [-0.2, 0) is 20.7 Å². The maximum absolute atomic E-state index is 11.8. The molecular formula is C20H21Cl2NO4. The maximum atomic E-state index is 11.8. The molecule has 0 spiro atoms. The van der Waals surface area contributed by atoms with Gasteiger partial charge in [-0.05, 0) is 40.8 Å². The summed E-state index contributed by atoms with van der Waals surface area (Å²) >= 11 is 12.7. The van der Waals surface area contributed by atoms with Crippen LogP contribution in [0, 0.1) is 0 Å². The molecule has 144 valence electrons. The van der Waals surface area contributed by atoms with Crippen molar-refractivity contribution in [1.29, 1.82) is 0 Å². The van der Waals surface area contributed by atoms with Crippen molar-refractivity contribution in [3.05, 3.63) is 57.1 Å². The molecule has 7 heteroatoms. The Kier molecular flexibility index (Phi) is 7.11. The highest BCUT2D eigenvalue weighted by molar-refractivity contribution is 6.36. The number of nitrogens with one attached hydrogen (secondary N) is 1. The van der Waals surface area contributed by atoms with Crippen molar-refractivity contribution in [2.24, 2.45) is 0 Å². The lowest BCUT2D eigenvalue weighted by Gasteiger charge is -2.14. The van der Waals surface area contributed by atoms with Crippen LogP contribution in [0.25, 0.3) is 0 Å². The Hall–Kier alpha value is -2.24. The summed E-state index contributed by atoms with van der Waals surface area (Å²) in [5, 5.41) is 13.3. The summed E-state index contributed by atoms with van der Waals surface area (Å²) < 4.78 is 4.46. The van der Waals surface area contributed by atoms with E-state index in [0.29, 0.717) is 27.7 Å². The van der Waals surface area contributed by atoms with Crippen molar-refractivity contribution < 1.29 is 19.4 Å². The first-order chi connectivity index (χ1) is 12.7. The molecule has 2 N–H and O–H groups in total. The van der Waals surface area contributed by atoms with E-state index in [0.717, 1.165) is 11.1 Å². The molecule has 0 aliphatic carbocycles. The van der Waals surface area contributed by atoms with Crippen LogP contribution in [-0.4, -0.2) is 24.1 Å². The third kappa shape index (κ3) is 5.62. The fourth-order valence-electron chi connectivity index (χ4n) is 2.63. The lowest BCUT2D eigenvalue weighted by Crippen LogP contribution is -2.17. The van der Waals surface area contributed by atoms with Gasteiger partial charge in [0.1, 0.15) is 12.2 Å². The van der Waals surface area contributed by atoms with E-state index < -0.39 is 11.9 Å². The second-order valence-corrected chi connectivity index (χ2v) is 7.26. The number of amides is 1. The predicted octanol–water partition coefficient (Wildman–Crippen LogP) is 4.91. The molecule has 2 aromatic rings. The summed E-state index contributed by atoms with van der Waals surface area (Å²) in [6.07, 6.45) is 0.0903. The maximum Gasteiger partial charge on any atom is 0.315 e. The van der Waals surface area contributed by atoms with Crippen molar-refractivity contribution in [3.63, 3.8) is 0 Å². The van der Waals surface area contributed by atoms with Crippen LogP contribution >= 0.6 is 23.2 Å². The number of carbonyl (C=O) groups is 2. The summed E-state index contributed by atoms with van der Waals surface area (Å²) in [7, 11) is 1.21. The largest absolute Gasteiger partial charge is 0.508 e. The van der Waals surface area contributed by atoms with Gasteiger partial charge in [-0.15, -0.1) is 0 Å². The van der Waals surface area contributed by atoms with E-state index in [-0.39, 0.29) is 18.1 Å². The number of methoxy groups -OCH3 is 1. The van der Waals surface area contributed by atoms with Crippen molar-refractivity contribution >= 4 is 40.8 Å². The van der Waals surface area contributed by atoms with Crippen LogP contribution in [0.5, 0.6) is 5.75 Å². The topological polar surface area (TPSA) is 75.6 Å². The van der Waals surface area contributed by atoms with Crippen molar-refractivity contribution in [1.82, 2.24) is 0 Å². The Morgan fingerprint density at radius 2 is 1.78 bits per heavy atom. The molecule has 0 atom stereocenters. The minimum Gasteiger partial charge on any atom is -0.508 e. The molecule has 0 saturated carbocycles. The first-order valence-electron chi connectivity index (χ1n) is 8.37. The number of phenolic OH excluding ortho intramolecular Hbond substituents is 1. The molecule has 0 fully saturated rings. The van der Waals surface area contributed by atoms with Gasteiger partial charge in [0, 0.05) is 22.2 Å². The van der Waals surface area contributed by atoms with Gasteiger partial charge in [0.2, 0.25) is 5.91 Å². The number of ether oxygens (including phenoxy) is 1. The number of carbonyl (C=O) groups excluding carboxylic acids is 2. The minimum absolute atomic E-state index is 0.184. The first kappa shape index (κ1) is 21.1. The van der Waals surface area contributed by atoms with Gasteiger partial charge in [0.15, 0.2) is 0 Å². The summed E-state index contributed by atoms with van der Waals surface area (Å²) in [6, 6.07) is 8.58. The number of anilines is 1. The van der Waals surface area contributed by atoms with Crippen molar-refractivity contribution in [3.8, 4) is 5.75 Å². The van der Waals surface area contributed by atoms with Gasteiger partial charge in [-0.25, -0.2) is 0 Å². The molecule has 27 heavy (non-hydrogen) atoms. The van der Waals surface area contributed by atoms with E-state index in [9.17, 15) is 14.7 Å². The zero-order valence-corrected chi connectivity index (χ0v) is 16.8. The molecule has 0 radical (unpaired) electrons. The van der Waals surface area contributed by atoms with E-state index in [4.69, 9.17) is 23.2 Å². The summed E-state index contributed by atoms with van der Waals surface area (Å²) in [4.78, 5) is 22.9. The molecule has 2 aromatic carbocycles. The van der Waals surface area contributed by atoms with Crippen molar-refractivity contribution in [2.45, 2.75) is 32.6 Å². The number of hydrogen-bond acceptors (Lipinski definition) is 4. The third-order valence-corrected chi connectivity index (χ3v) is 4.73. The molecule has 0 aliphatic rings. The van der Waals surface area contributed by atoms with Crippen LogP contribution in [0.15, 0.2) is 30.3 Å². The molecule has 0 aliphatic heterocycles. The number of hydrogen-bond donors (Lipinski definition) is 2. The molecule has 2 rings (SSSR count). The Morgan fingerprint density at radius 3 is 2.33 bits per heavy atom. The molecule has 1 amide bonds. The fraction of sp³-hybridized carbons (Fsp3) is 0.300. The SMILES string of the molecule is COC(=O)CC(=O)Nc1cc(Cl)c(Cc2ccc(O)c(C(C)C)c2)c(Cl)c1. The normalized spacial score (nSPS) is 10.7. The van der Waals surface area contributed by atoms with Crippen LogP contribution in [0.4, 0.5) is 5.69 Å². The van der Waals surface area contributed by atoms with E-state index >= 15 is 0 Å². The van der Waals surface area contributed by atoms with Crippen LogP contribution in [0.2, 0.25) is 10.0 Å². The molecule has 0 bridgehead atoms. The van der Waals surface area contributed by atoms with Crippen LogP contribution in [0.3, 0.4) is 0 Å². The monoisotopic (exact) mass is 409 g/mol. The molecule has 0 saturated heterocycles. The van der Waals surface area contributed by atoms with E-state index in [1.165, 1.54) is 7.11 Å².